The maximum Gasteiger partial charge on any atom is 0.417 e. The van der Waals surface area contributed by atoms with Crippen LogP contribution in [-0.4, -0.2) is 12.3 Å². The summed E-state index contributed by atoms with van der Waals surface area (Å²) >= 11 is 2.92. The van der Waals surface area contributed by atoms with Crippen LogP contribution in [0.1, 0.15) is 15.9 Å². The van der Waals surface area contributed by atoms with Gasteiger partial charge in [0.2, 0.25) is 0 Å². The van der Waals surface area contributed by atoms with E-state index < -0.39 is 29.6 Å². The molecule has 0 aromatic heterocycles. The van der Waals surface area contributed by atoms with Crippen LogP contribution in [0.5, 0.6) is 0 Å². The molecule has 0 radical (unpaired) electrons. The molecular weight excluding hydrogens is 310 g/mol. The van der Waals surface area contributed by atoms with Crippen molar-refractivity contribution in [2.75, 3.05) is 6.54 Å². The lowest BCUT2D eigenvalue weighted by Gasteiger charge is -2.11. The van der Waals surface area contributed by atoms with E-state index in [-0.39, 0.29) is 16.9 Å². The van der Waals surface area contributed by atoms with Crippen LogP contribution in [0.4, 0.5) is 13.2 Å². The second-order valence-electron chi connectivity index (χ2n) is 2.81. The van der Waals surface area contributed by atoms with Crippen molar-refractivity contribution in [2.45, 2.75) is 6.18 Å². The zero-order valence-corrected chi connectivity index (χ0v) is 10.2. The van der Waals surface area contributed by atoms with E-state index in [0.29, 0.717) is 0 Å². The number of Topliss-reactive ketones (excluding diaryl/α,β-unsaturated/α-hetero) is 1. The summed E-state index contributed by atoms with van der Waals surface area (Å²) in [5, 5.41) is 0. The molecule has 0 heterocycles. The third-order valence-electron chi connectivity index (χ3n) is 1.77. The Morgan fingerprint density at radius 1 is 1.38 bits per heavy atom. The fraction of sp³-hybridized carbons (Fsp3) is 0.222. The van der Waals surface area contributed by atoms with Crippen LogP contribution in [0, 0.1) is 0 Å². The van der Waals surface area contributed by atoms with E-state index in [2.05, 4.69) is 15.9 Å². The predicted octanol–water partition coefficient (Wildman–Crippen LogP) is 3.03. The van der Waals surface area contributed by atoms with Crippen molar-refractivity contribution in [1.29, 1.82) is 0 Å². The maximum atomic E-state index is 12.5. The first-order valence-corrected chi connectivity index (χ1v) is 4.75. The Bertz CT molecular complexity index is 395. The van der Waals surface area contributed by atoms with Gasteiger partial charge in [0.05, 0.1) is 12.1 Å². The van der Waals surface area contributed by atoms with E-state index >= 15 is 0 Å². The van der Waals surface area contributed by atoms with Gasteiger partial charge < -0.3 is 5.73 Å². The summed E-state index contributed by atoms with van der Waals surface area (Å²) in [5.74, 6) is -0.727. The van der Waals surface area contributed by atoms with E-state index in [9.17, 15) is 18.0 Å². The molecule has 0 bridgehead atoms. The molecule has 0 unspecified atom stereocenters. The molecule has 90 valence electrons. The first-order valence-electron chi connectivity index (χ1n) is 3.96. The summed E-state index contributed by atoms with van der Waals surface area (Å²) < 4.78 is 37.8. The highest BCUT2D eigenvalue weighted by molar-refractivity contribution is 9.10. The molecule has 0 aliphatic rings. The molecule has 0 atom stereocenters. The Labute approximate surface area is 105 Å². The molecule has 0 saturated carbocycles. The molecule has 7 heteroatoms. The molecule has 2 N–H and O–H groups in total. The van der Waals surface area contributed by atoms with Gasteiger partial charge in [-0.15, -0.1) is 12.4 Å². The van der Waals surface area contributed by atoms with Crippen LogP contribution >= 0.6 is 28.3 Å². The Morgan fingerprint density at radius 3 is 2.38 bits per heavy atom. The van der Waals surface area contributed by atoms with Gasteiger partial charge in [-0.05, 0) is 18.2 Å². The summed E-state index contributed by atoms with van der Waals surface area (Å²) in [4.78, 5) is 11.2. The summed E-state index contributed by atoms with van der Waals surface area (Å²) in [6.07, 6.45) is -4.55. The molecule has 1 rings (SSSR count). The zero-order chi connectivity index (χ0) is 11.6. The highest BCUT2D eigenvalue weighted by Crippen LogP contribution is 2.33. The molecule has 0 amide bonds. The summed E-state index contributed by atoms with van der Waals surface area (Å²) in [5.41, 5.74) is 3.67. The fourth-order valence-corrected chi connectivity index (χ4v) is 1.47. The average Bonchev–Trinajstić information content (AvgIpc) is 2.15. The molecule has 0 fully saturated rings. The number of carbonyl (C=O) groups is 1. The van der Waals surface area contributed by atoms with Gasteiger partial charge in [-0.1, -0.05) is 15.9 Å². The quantitative estimate of drug-likeness (QED) is 0.852. The molecule has 2 nitrogen and oxygen atoms in total. The van der Waals surface area contributed by atoms with Crippen molar-refractivity contribution in [3.05, 3.63) is 33.8 Å². The third-order valence-corrected chi connectivity index (χ3v) is 2.27. The highest BCUT2D eigenvalue weighted by atomic mass is 79.9. The number of ketones is 1. The van der Waals surface area contributed by atoms with Gasteiger partial charge in [-0.25, -0.2) is 0 Å². The number of hydrogen-bond acceptors (Lipinski definition) is 2. The Morgan fingerprint density at radius 2 is 1.94 bits per heavy atom. The molecule has 0 aliphatic heterocycles. The van der Waals surface area contributed by atoms with Crippen molar-refractivity contribution in [2.24, 2.45) is 5.73 Å². The SMILES string of the molecule is Cl.NCC(=O)c1ccc(Br)cc1C(F)(F)F. The third kappa shape index (κ3) is 3.47. The maximum absolute atomic E-state index is 12.5. The second kappa shape index (κ2) is 5.65. The van der Waals surface area contributed by atoms with Gasteiger partial charge in [0.25, 0.3) is 0 Å². The first-order chi connectivity index (χ1) is 6.86. The van der Waals surface area contributed by atoms with Gasteiger partial charge >= 0.3 is 6.18 Å². The molecule has 0 saturated heterocycles. The summed E-state index contributed by atoms with van der Waals surface area (Å²) in [6.45, 7) is -0.440. The number of nitrogens with two attached hydrogens (primary N) is 1. The monoisotopic (exact) mass is 317 g/mol. The molecule has 0 spiro atoms. The van der Waals surface area contributed by atoms with E-state index in [1.807, 2.05) is 0 Å². The van der Waals surface area contributed by atoms with Crippen LogP contribution in [0.25, 0.3) is 0 Å². The Kier molecular flexibility index (Phi) is 5.44. The standard InChI is InChI=1S/C9H7BrF3NO.ClH/c10-5-1-2-6(8(15)4-14)7(3-5)9(11,12)13;/h1-3H,4,14H2;1H. The minimum atomic E-state index is -4.55. The number of rotatable bonds is 2. The van der Waals surface area contributed by atoms with E-state index in [1.165, 1.54) is 6.07 Å². The normalized spacial score (nSPS) is 10.8. The lowest BCUT2D eigenvalue weighted by molar-refractivity contribution is -0.137. The summed E-state index contributed by atoms with van der Waals surface area (Å²) in [7, 11) is 0. The lowest BCUT2D eigenvalue weighted by atomic mass is 10.0. The Balaban J connectivity index is 0.00000225. The average molecular weight is 319 g/mol. The highest BCUT2D eigenvalue weighted by Gasteiger charge is 2.34. The summed E-state index contributed by atoms with van der Waals surface area (Å²) in [6, 6.07) is 3.35. The second-order valence-corrected chi connectivity index (χ2v) is 3.73. The smallest absolute Gasteiger partial charge is 0.324 e. The minimum Gasteiger partial charge on any atom is -0.324 e. The van der Waals surface area contributed by atoms with E-state index in [0.717, 1.165) is 12.1 Å². The molecule has 1 aromatic carbocycles. The fourth-order valence-electron chi connectivity index (χ4n) is 1.10. The molecular formula is C9H8BrClF3NO. The lowest BCUT2D eigenvalue weighted by Crippen LogP contribution is -2.19. The Hall–Kier alpha value is -0.590. The molecule has 1 aromatic rings. The largest absolute Gasteiger partial charge is 0.417 e. The van der Waals surface area contributed by atoms with Crippen LogP contribution in [0.15, 0.2) is 22.7 Å². The number of hydrogen-bond donors (Lipinski definition) is 1. The number of carbonyl (C=O) groups excluding carboxylic acids is 1. The van der Waals surface area contributed by atoms with Crippen molar-refractivity contribution in [3.8, 4) is 0 Å². The number of halogens is 5. The van der Waals surface area contributed by atoms with Gasteiger partial charge in [-0.2, -0.15) is 13.2 Å². The van der Waals surface area contributed by atoms with Crippen molar-refractivity contribution >= 4 is 34.1 Å². The van der Waals surface area contributed by atoms with Gasteiger partial charge in [-0.3, -0.25) is 4.79 Å². The molecule has 16 heavy (non-hydrogen) atoms. The predicted molar refractivity (Wildman–Crippen MR) is 59.8 cm³/mol. The van der Waals surface area contributed by atoms with E-state index in [4.69, 9.17) is 5.73 Å². The van der Waals surface area contributed by atoms with Crippen LogP contribution < -0.4 is 5.73 Å². The van der Waals surface area contributed by atoms with Crippen molar-refractivity contribution in [3.63, 3.8) is 0 Å². The van der Waals surface area contributed by atoms with Crippen LogP contribution in [-0.2, 0) is 6.18 Å². The van der Waals surface area contributed by atoms with Crippen LogP contribution in [0.2, 0.25) is 0 Å². The van der Waals surface area contributed by atoms with Gasteiger partial charge in [0.1, 0.15) is 0 Å². The topological polar surface area (TPSA) is 43.1 Å². The molecule has 0 aliphatic carbocycles. The van der Waals surface area contributed by atoms with E-state index in [1.54, 1.807) is 0 Å². The van der Waals surface area contributed by atoms with Crippen molar-refractivity contribution in [1.82, 2.24) is 0 Å². The number of alkyl halides is 3. The van der Waals surface area contributed by atoms with Crippen LogP contribution in [0.3, 0.4) is 0 Å². The first kappa shape index (κ1) is 15.4. The zero-order valence-electron chi connectivity index (χ0n) is 7.84. The van der Waals surface area contributed by atoms with Gasteiger partial charge in [0, 0.05) is 10.0 Å². The minimum absolute atomic E-state index is 0. The van der Waals surface area contributed by atoms with Gasteiger partial charge in [0.15, 0.2) is 5.78 Å². The van der Waals surface area contributed by atoms with Crippen molar-refractivity contribution < 1.29 is 18.0 Å². The number of benzene rings is 1.